The molecule has 0 aliphatic rings. The molecule has 0 spiro atoms. The van der Waals surface area contributed by atoms with Crippen LogP contribution in [0.15, 0.2) is 29.2 Å². The summed E-state index contributed by atoms with van der Waals surface area (Å²) < 4.78 is 1.28. The molecule has 0 fully saturated rings. The topological polar surface area (TPSA) is 60.9 Å². The monoisotopic (exact) mass is 283 g/mol. The number of benzene rings is 1. The van der Waals surface area contributed by atoms with Gasteiger partial charge in [-0.1, -0.05) is 23.2 Å². The second-order valence-electron chi connectivity index (χ2n) is 3.72. The van der Waals surface area contributed by atoms with Gasteiger partial charge in [0.25, 0.3) is 5.56 Å². The number of nitrogens with zero attached hydrogens (tertiary/aromatic N) is 2. The van der Waals surface area contributed by atoms with Crippen LogP contribution in [0.5, 0.6) is 0 Å². The van der Waals surface area contributed by atoms with Crippen molar-refractivity contribution in [1.82, 2.24) is 9.78 Å². The van der Waals surface area contributed by atoms with Crippen LogP contribution in [0, 0.1) is 0 Å². The minimum atomic E-state index is -0.337. The van der Waals surface area contributed by atoms with Crippen molar-refractivity contribution in [2.45, 2.75) is 13.5 Å². The molecule has 2 rings (SSSR count). The molecule has 0 unspecified atom stereocenters. The van der Waals surface area contributed by atoms with E-state index in [0.29, 0.717) is 28.4 Å². The van der Waals surface area contributed by atoms with Crippen molar-refractivity contribution in [2.75, 3.05) is 5.73 Å². The van der Waals surface area contributed by atoms with Gasteiger partial charge in [0.05, 0.1) is 6.20 Å². The smallest absolute Gasteiger partial charge is 0.286 e. The summed E-state index contributed by atoms with van der Waals surface area (Å²) in [6, 6.07) is 5.00. The predicted octanol–water partition coefficient (Wildman–Crippen LogP) is 2.82. The molecular weight excluding hydrogens is 273 g/mol. The Balaban J connectivity index is 2.69. The predicted molar refractivity (Wildman–Crippen MR) is 74.0 cm³/mol. The maximum atomic E-state index is 11.9. The lowest BCUT2D eigenvalue weighted by atomic mass is 10.1. The first-order valence-corrected chi connectivity index (χ1v) is 6.11. The fraction of sp³-hybridized carbons (Fsp3) is 0.167. The Morgan fingerprint density at radius 2 is 2.06 bits per heavy atom. The summed E-state index contributed by atoms with van der Waals surface area (Å²) in [4.78, 5) is 11.9. The van der Waals surface area contributed by atoms with E-state index in [9.17, 15) is 4.79 Å². The number of hydrogen-bond acceptors (Lipinski definition) is 3. The highest BCUT2D eigenvalue weighted by atomic mass is 35.5. The van der Waals surface area contributed by atoms with Crippen LogP contribution in [-0.4, -0.2) is 9.78 Å². The van der Waals surface area contributed by atoms with Crippen molar-refractivity contribution < 1.29 is 0 Å². The molecule has 2 N–H and O–H groups in total. The van der Waals surface area contributed by atoms with Crippen LogP contribution in [0.4, 0.5) is 5.69 Å². The first-order valence-electron chi connectivity index (χ1n) is 5.35. The summed E-state index contributed by atoms with van der Waals surface area (Å²) in [5, 5.41) is 4.65. The van der Waals surface area contributed by atoms with Crippen LogP contribution >= 0.6 is 23.2 Å². The lowest BCUT2D eigenvalue weighted by Gasteiger charge is -2.09. The molecular formula is C12H11Cl2N3O. The summed E-state index contributed by atoms with van der Waals surface area (Å²) in [7, 11) is 0. The van der Waals surface area contributed by atoms with Gasteiger partial charge in [-0.15, -0.1) is 0 Å². The summed E-state index contributed by atoms with van der Waals surface area (Å²) in [6.45, 7) is 2.28. The number of aryl methyl sites for hydroxylation is 1. The van der Waals surface area contributed by atoms with Crippen molar-refractivity contribution in [2.24, 2.45) is 0 Å². The molecule has 0 atom stereocenters. The average molecular weight is 284 g/mol. The van der Waals surface area contributed by atoms with Crippen LogP contribution < -0.4 is 11.3 Å². The van der Waals surface area contributed by atoms with Gasteiger partial charge < -0.3 is 5.73 Å². The van der Waals surface area contributed by atoms with Gasteiger partial charge >= 0.3 is 0 Å². The summed E-state index contributed by atoms with van der Waals surface area (Å²) in [5.74, 6) is 0. The van der Waals surface area contributed by atoms with E-state index < -0.39 is 0 Å². The van der Waals surface area contributed by atoms with Crippen molar-refractivity contribution in [1.29, 1.82) is 0 Å². The number of nitrogen functional groups attached to an aromatic ring is 1. The van der Waals surface area contributed by atoms with Gasteiger partial charge in [-0.3, -0.25) is 4.79 Å². The fourth-order valence-corrected chi connectivity index (χ4v) is 2.06. The van der Waals surface area contributed by atoms with E-state index in [1.54, 1.807) is 18.2 Å². The molecule has 94 valence electrons. The molecule has 2 aromatic rings. The standard InChI is InChI=1S/C12H11Cl2N3O/c1-2-17-12(18)11(14)9(6-16-17)8-5-7(13)3-4-10(8)15/h3-6H,2,15H2,1H3. The first kappa shape index (κ1) is 12.9. The van der Waals surface area contributed by atoms with E-state index in [1.165, 1.54) is 10.9 Å². The second kappa shape index (κ2) is 5.00. The van der Waals surface area contributed by atoms with Gasteiger partial charge in [0, 0.05) is 28.4 Å². The van der Waals surface area contributed by atoms with Gasteiger partial charge in [-0.2, -0.15) is 5.10 Å². The minimum Gasteiger partial charge on any atom is -0.398 e. The number of hydrogen-bond donors (Lipinski definition) is 1. The normalized spacial score (nSPS) is 10.6. The van der Waals surface area contributed by atoms with E-state index in [1.807, 2.05) is 6.92 Å². The lowest BCUT2D eigenvalue weighted by Crippen LogP contribution is -2.22. The van der Waals surface area contributed by atoms with Gasteiger partial charge in [0.15, 0.2) is 0 Å². The Kier molecular flexibility index (Phi) is 3.59. The molecule has 0 radical (unpaired) electrons. The number of nitrogens with two attached hydrogens (primary N) is 1. The number of rotatable bonds is 2. The van der Waals surface area contributed by atoms with Crippen LogP contribution in [0.2, 0.25) is 10.0 Å². The van der Waals surface area contributed by atoms with Crippen molar-refractivity contribution in [3.05, 3.63) is 44.8 Å². The van der Waals surface area contributed by atoms with E-state index in [0.717, 1.165) is 0 Å². The Bertz CT molecular complexity index is 652. The Morgan fingerprint density at radius 1 is 1.33 bits per heavy atom. The van der Waals surface area contributed by atoms with Crippen LogP contribution in [0.25, 0.3) is 11.1 Å². The number of halogens is 2. The molecule has 0 aliphatic heterocycles. The SMILES string of the molecule is CCn1ncc(-c2cc(Cl)ccc2N)c(Cl)c1=O. The highest BCUT2D eigenvalue weighted by molar-refractivity contribution is 6.34. The minimum absolute atomic E-state index is 0.0980. The highest BCUT2D eigenvalue weighted by Gasteiger charge is 2.13. The zero-order chi connectivity index (χ0) is 13.3. The third-order valence-electron chi connectivity index (χ3n) is 2.59. The Labute approximate surface area is 114 Å². The maximum absolute atomic E-state index is 11.9. The molecule has 0 amide bonds. The van der Waals surface area contributed by atoms with E-state index in [2.05, 4.69) is 5.10 Å². The molecule has 1 aromatic heterocycles. The zero-order valence-corrected chi connectivity index (χ0v) is 11.2. The van der Waals surface area contributed by atoms with Crippen LogP contribution in [-0.2, 0) is 6.54 Å². The molecule has 18 heavy (non-hydrogen) atoms. The van der Waals surface area contributed by atoms with Crippen LogP contribution in [0.1, 0.15) is 6.92 Å². The molecule has 1 heterocycles. The van der Waals surface area contributed by atoms with Crippen molar-refractivity contribution in [3.8, 4) is 11.1 Å². The van der Waals surface area contributed by atoms with Crippen LogP contribution in [0.3, 0.4) is 0 Å². The molecule has 0 aliphatic carbocycles. The van der Waals surface area contributed by atoms with Crippen molar-refractivity contribution in [3.63, 3.8) is 0 Å². The summed E-state index contributed by atoms with van der Waals surface area (Å²) >= 11 is 12.0. The molecule has 1 aromatic carbocycles. The second-order valence-corrected chi connectivity index (χ2v) is 4.54. The quantitative estimate of drug-likeness (QED) is 0.862. The first-order chi connectivity index (χ1) is 8.54. The maximum Gasteiger partial charge on any atom is 0.286 e. The van der Waals surface area contributed by atoms with Gasteiger partial charge in [0.1, 0.15) is 5.02 Å². The van der Waals surface area contributed by atoms with E-state index in [-0.39, 0.29) is 10.6 Å². The van der Waals surface area contributed by atoms with Crippen molar-refractivity contribution >= 4 is 28.9 Å². The Hall–Kier alpha value is -1.52. The zero-order valence-electron chi connectivity index (χ0n) is 9.65. The average Bonchev–Trinajstić information content (AvgIpc) is 2.36. The molecule has 4 nitrogen and oxygen atoms in total. The van der Waals surface area contributed by atoms with Gasteiger partial charge in [0.2, 0.25) is 0 Å². The molecule has 0 saturated carbocycles. The third-order valence-corrected chi connectivity index (χ3v) is 3.19. The lowest BCUT2D eigenvalue weighted by molar-refractivity contribution is 0.616. The van der Waals surface area contributed by atoms with E-state index >= 15 is 0 Å². The number of anilines is 1. The third kappa shape index (κ3) is 2.21. The van der Waals surface area contributed by atoms with Gasteiger partial charge in [-0.05, 0) is 25.1 Å². The summed E-state index contributed by atoms with van der Waals surface area (Å²) in [6.07, 6.45) is 1.52. The molecule has 0 saturated heterocycles. The molecule has 6 heteroatoms. The van der Waals surface area contributed by atoms with E-state index in [4.69, 9.17) is 28.9 Å². The summed E-state index contributed by atoms with van der Waals surface area (Å²) in [5.41, 5.74) is 7.12. The fourth-order valence-electron chi connectivity index (χ4n) is 1.64. The van der Waals surface area contributed by atoms with Gasteiger partial charge in [-0.25, -0.2) is 4.68 Å². The number of aromatic nitrogens is 2. The highest BCUT2D eigenvalue weighted by Crippen LogP contribution is 2.31. The largest absolute Gasteiger partial charge is 0.398 e. The Morgan fingerprint density at radius 3 is 2.72 bits per heavy atom. The molecule has 0 bridgehead atoms.